The Balaban J connectivity index is 1.68. The molecule has 0 aliphatic carbocycles. The molecular formula is C24H23N3O4. The molecule has 1 N–H and O–H groups in total. The van der Waals surface area contributed by atoms with Gasteiger partial charge in [-0.3, -0.25) is 9.38 Å². The molecule has 0 aliphatic rings. The normalized spacial score (nSPS) is 10.9. The van der Waals surface area contributed by atoms with E-state index in [-0.39, 0.29) is 5.69 Å². The molecule has 0 spiro atoms. The number of nitrogens with zero attached hydrogens (tertiary/aromatic N) is 3. The Morgan fingerprint density at radius 1 is 1.10 bits per heavy atom. The summed E-state index contributed by atoms with van der Waals surface area (Å²) in [6.07, 6.45) is 3.76. The topological polar surface area (TPSA) is 86.0 Å². The largest absolute Gasteiger partial charge is 0.494 e. The van der Waals surface area contributed by atoms with E-state index < -0.39 is 5.97 Å². The van der Waals surface area contributed by atoms with Crippen LogP contribution in [0, 0.1) is 6.92 Å². The lowest BCUT2D eigenvalue weighted by Gasteiger charge is -2.09. The molecule has 4 aromatic rings. The van der Waals surface area contributed by atoms with E-state index in [0.717, 1.165) is 22.6 Å². The van der Waals surface area contributed by atoms with E-state index in [4.69, 9.17) is 9.47 Å². The Morgan fingerprint density at radius 2 is 1.90 bits per heavy atom. The van der Waals surface area contributed by atoms with Gasteiger partial charge in [0, 0.05) is 24.4 Å². The Kier molecular flexibility index (Phi) is 5.84. The van der Waals surface area contributed by atoms with Crippen molar-refractivity contribution in [1.29, 1.82) is 0 Å². The number of fused-ring (bicyclic) bond motifs is 1. The highest BCUT2D eigenvalue weighted by Gasteiger charge is 2.21. The zero-order chi connectivity index (χ0) is 21.8. The molecule has 4 rings (SSSR count). The first-order valence-electron chi connectivity index (χ1n) is 10.1. The van der Waals surface area contributed by atoms with Gasteiger partial charge in [-0.15, -0.1) is 0 Å². The number of benzene rings is 2. The molecule has 31 heavy (non-hydrogen) atoms. The molecule has 7 heteroatoms. The van der Waals surface area contributed by atoms with Crippen LogP contribution in [-0.4, -0.2) is 38.7 Å². The predicted octanol–water partition coefficient (Wildman–Crippen LogP) is 4.42. The fourth-order valence-corrected chi connectivity index (χ4v) is 3.44. The summed E-state index contributed by atoms with van der Waals surface area (Å²) in [4.78, 5) is 20.8. The molecule has 0 fully saturated rings. The maximum absolute atomic E-state index is 11.9. The molecule has 0 unspecified atom stereocenters. The highest BCUT2D eigenvalue weighted by Crippen LogP contribution is 2.27. The molecular weight excluding hydrogens is 394 g/mol. The average Bonchev–Trinajstić information content (AvgIpc) is 3.15. The van der Waals surface area contributed by atoms with Gasteiger partial charge in [0.15, 0.2) is 11.3 Å². The van der Waals surface area contributed by atoms with Gasteiger partial charge < -0.3 is 14.6 Å². The van der Waals surface area contributed by atoms with Crippen molar-refractivity contribution >= 4 is 11.6 Å². The quantitative estimate of drug-likeness (QED) is 0.457. The average molecular weight is 417 g/mol. The first-order chi connectivity index (χ1) is 15.1. The molecule has 2 heterocycles. The highest BCUT2D eigenvalue weighted by atomic mass is 16.5. The molecule has 2 aromatic heterocycles. The Bertz CT molecular complexity index is 1220. The van der Waals surface area contributed by atoms with E-state index in [1.54, 1.807) is 16.8 Å². The number of carboxylic acids is 1. The van der Waals surface area contributed by atoms with Gasteiger partial charge in [-0.1, -0.05) is 29.8 Å². The number of carboxylic acid groups (broad SMARTS) is 1. The van der Waals surface area contributed by atoms with Gasteiger partial charge in [0.25, 0.3) is 0 Å². The van der Waals surface area contributed by atoms with Crippen LogP contribution in [0.1, 0.15) is 28.7 Å². The van der Waals surface area contributed by atoms with Gasteiger partial charge in [-0.2, -0.15) is 0 Å². The van der Waals surface area contributed by atoms with Crippen molar-refractivity contribution in [3.63, 3.8) is 0 Å². The molecule has 0 amide bonds. The van der Waals surface area contributed by atoms with Crippen LogP contribution in [0.5, 0.6) is 11.5 Å². The van der Waals surface area contributed by atoms with Crippen molar-refractivity contribution in [2.24, 2.45) is 0 Å². The summed E-state index contributed by atoms with van der Waals surface area (Å²) in [5, 5.41) is 9.73. The number of aryl methyl sites for hydroxylation is 1. The number of ether oxygens (including phenoxy) is 2. The lowest BCUT2D eigenvalue weighted by atomic mass is 10.1. The second-order valence-corrected chi connectivity index (χ2v) is 7.05. The van der Waals surface area contributed by atoms with Crippen LogP contribution in [0.25, 0.3) is 16.9 Å². The molecule has 7 nitrogen and oxygen atoms in total. The molecule has 2 aromatic carbocycles. The third kappa shape index (κ3) is 4.35. The van der Waals surface area contributed by atoms with Crippen LogP contribution >= 0.6 is 0 Å². The van der Waals surface area contributed by atoms with Crippen molar-refractivity contribution in [3.05, 3.63) is 77.9 Å². The minimum atomic E-state index is -1.08. The SMILES string of the molecule is CCOc1cccc(-c2nccn3c(CCOc4ccc(C)cc4)c(C(=O)O)nc23)c1. The summed E-state index contributed by atoms with van der Waals surface area (Å²) >= 11 is 0. The van der Waals surface area contributed by atoms with E-state index >= 15 is 0 Å². The second-order valence-electron chi connectivity index (χ2n) is 7.05. The highest BCUT2D eigenvalue weighted by molar-refractivity contribution is 5.89. The molecule has 0 bridgehead atoms. The maximum Gasteiger partial charge on any atom is 0.356 e. The van der Waals surface area contributed by atoms with Gasteiger partial charge in [-0.05, 0) is 38.1 Å². The van der Waals surface area contributed by atoms with Gasteiger partial charge in [0.1, 0.15) is 17.2 Å². The molecule has 158 valence electrons. The van der Waals surface area contributed by atoms with Gasteiger partial charge in [0.05, 0.1) is 18.9 Å². The number of aromatic nitrogens is 3. The molecule has 0 saturated carbocycles. The van der Waals surface area contributed by atoms with Gasteiger partial charge >= 0.3 is 5.97 Å². The zero-order valence-corrected chi connectivity index (χ0v) is 17.4. The lowest BCUT2D eigenvalue weighted by Crippen LogP contribution is -2.09. The molecule has 0 atom stereocenters. The van der Waals surface area contributed by atoms with Crippen molar-refractivity contribution in [2.45, 2.75) is 20.3 Å². The van der Waals surface area contributed by atoms with E-state index in [9.17, 15) is 9.90 Å². The van der Waals surface area contributed by atoms with Crippen LogP contribution in [0.3, 0.4) is 0 Å². The summed E-state index contributed by atoms with van der Waals surface area (Å²) < 4.78 is 13.2. The minimum absolute atomic E-state index is 0.00252. The van der Waals surface area contributed by atoms with Crippen LogP contribution in [0.2, 0.25) is 0 Å². The fourth-order valence-electron chi connectivity index (χ4n) is 3.44. The van der Waals surface area contributed by atoms with Crippen LogP contribution in [-0.2, 0) is 6.42 Å². The fraction of sp³-hybridized carbons (Fsp3) is 0.208. The van der Waals surface area contributed by atoms with Gasteiger partial charge in [0.2, 0.25) is 0 Å². The maximum atomic E-state index is 11.9. The number of rotatable bonds is 8. The Hall–Kier alpha value is -3.87. The Labute approximate surface area is 179 Å². The van der Waals surface area contributed by atoms with Gasteiger partial charge in [-0.25, -0.2) is 9.78 Å². The van der Waals surface area contributed by atoms with Crippen molar-refractivity contribution in [3.8, 4) is 22.8 Å². The van der Waals surface area contributed by atoms with E-state index in [1.165, 1.54) is 0 Å². The summed E-state index contributed by atoms with van der Waals surface area (Å²) in [6, 6.07) is 15.3. The third-order valence-electron chi connectivity index (χ3n) is 4.89. The van der Waals surface area contributed by atoms with E-state index in [2.05, 4.69) is 9.97 Å². The molecule has 0 aliphatic heterocycles. The standard InChI is InChI=1S/C24H23N3O4/c1-3-30-19-6-4-5-17(15-19)21-23-26-22(24(28)29)20(27(23)13-12-25-21)11-14-31-18-9-7-16(2)8-10-18/h4-10,12-13,15H,3,11,14H2,1-2H3,(H,28,29). The third-order valence-corrected chi connectivity index (χ3v) is 4.89. The number of hydrogen-bond acceptors (Lipinski definition) is 5. The van der Waals surface area contributed by atoms with Crippen LogP contribution in [0.4, 0.5) is 0 Å². The summed E-state index contributed by atoms with van der Waals surface area (Å²) in [5.74, 6) is 0.384. The van der Waals surface area contributed by atoms with Crippen LogP contribution in [0.15, 0.2) is 60.9 Å². The number of carbonyl (C=O) groups is 1. The van der Waals surface area contributed by atoms with Crippen molar-refractivity contribution < 1.29 is 19.4 Å². The summed E-state index contributed by atoms with van der Waals surface area (Å²) in [7, 11) is 0. The van der Waals surface area contributed by atoms with Crippen molar-refractivity contribution in [1.82, 2.24) is 14.4 Å². The predicted molar refractivity (Wildman–Crippen MR) is 117 cm³/mol. The summed E-state index contributed by atoms with van der Waals surface area (Å²) in [5.41, 5.74) is 3.61. The number of hydrogen-bond donors (Lipinski definition) is 1. The number of aromatic carboxylic acids is 1. The molecule has 0 radical (unpaired) electrons. The lowest BCUT2D eigenvalue weighted by molar-refractivity contribution is 0.0689. The number of imidazole rings is 1. The molecule has 0 saturated heterocycles. The monoisotopic (exact) mass is 417 g/mol. The Morgan fingerprint density at radius 3 is 2.65 bits per heavy atom. The minimum Gasteiger partial charge on any atom is -0.494 e. The first kappa shape index (κ1) is 20.4. The van der Waals surface area contributed by atoms with E-state index in [0.29, 0.717) is 36.7 Å². The second kappa shape index (κ2) is 8.87. The summed E-state index contributed by atoms with van der Waals surface area (Å²) in [6.45, 7) is 4.81. The van der Waals surface area contributed by atoms with Crippen molar-refractivity contribution in [2.75, 3.05) is 13.2 Å². The van der Waals surface area contributed by atoms with Crippen LogP contribution < -0.4 is 9.47 Å². The smallest absolute Gasteiger partial charge is 0.356 e. The van der Waals surface area contributed by atoms with E-state index in [1.807, 2.05) is 62.4 Å². The first-order valence-corrected chi connectivity index (χ1v) is 10.1. The zero-order valence-electron chi connectivity index (χ0n) is 17.4.